The van der Waals surface area contributed by atoms with Crippen LogP contribution in [-0.4, -0.2) is 49.0 Å². The van der Waals surface area contributed by atoms with Crippen LogP contribution < -0.4 is 10.1 Å². The van der Waals surface area contributed by atoms with E-state index in [0.29, 0.717) is 18.0 Å². The molecule has 9 nitrogen and oxygen atoms in total. The van der Waals surface area contributed by atoms with Gasteiger partial charge in [-0.3, -0.25) is 0 Å². The summed E-state index contributed by atoms with van der Waals surface area (Å²) in [5, 5.41) is 27.6. The fourth-order valence-corrected chi connectivity index (χ4v) is 2.78. The maximum Gasteiger partial charge on any atom is 0.335 e. The van der Waals surface area contributed by atoms with Gasteiger partial charge in [0.1, 0.15) is 17.7 Å². The van der Waals surface area contributed by atoms with Crippen molar-refractivity contribution in [3.8, 4) is 5.75 Å². The molecule has 0 radical (unpaired) electrons. The molecule has 3 heterocycles. The smallest absolute Gasteiger partial charge is 0.335 e. The third-order valence-electron chi connectivity index (χ3n) is 4.14. The lowest BCUT2D eigenvalue weighted by Crippen LogP contribution is -2.27. The third kappa shape index (κ3) is 2.39. The number of hydrogen-bond acceptors (Lipinski definition) is 7. The van der Waals surface area contributed by atoms with Crippen LogP contribution in [0, 0.1) is 0 Å². The van der Waals surface area contributed by atoms with E-state index in [4.69, 9.17) is 9.84 Å². The molecule has 2 atom stereocenters. The molecule has 1 aliphatic rings. The number of benzene rings is 1. The van der Waals surface area contributed by atoms with Gasteiger partial charge in [-0.15, -0.1) is 14.8 Å². The second-order valence-corrected chi connectivity index (χ2v) is 5.63. The standard InChI is InChI=1S/C15H14N6O3/c1-8-10-6-9(15(22)23)2-3-11(10)24-12(8)7-16-13-4-5-14-17-19-20-21(14)18-13/h2-6,8,12H,7H2,1H3,(H,16,18)(H,22,23)/t8-,12-/m0/s1. The molecule has 0 unspecified atom stereocenters. The fraction of sp³-hybridized carbons (Fsp3) is 0.267. The lowest BCUT2D eigenvalue weighted by molar-refractivity contribution is 0.0697. The SMILES string of the molecule is C[C@H]1c2cc(C(=O)O)ccc2O[C@H]1CNc1ccc2nnnn2n1. The van der Waals surface area contributed by atoms with Gasteiger partial charge in [0.25, 0.3) is 0 Å². The van der Waals surface area contributed by atoms with E-state index in [1.807, 2.05) is 6.92 Å². The van der Waals surface area contributed by atoms with Crippen molar-refractivity contribution in [2.75, 3.05) is 11.9 Å². The highest BCUT2D eigenvalue weighted by Gasteiger charge is 2.31. The summed E-state index contributed by atoms with van der Waals surface area (Å²) in [5.41, 5.74) is 1.74. The van der Waals surface area contributed by atoms with Crippen LogP contribution in [0.5, 0.6) is 5.75 Å². The van der Waals surface area contributed by atoms with Gasteiger partial charge < -0.3 is 15.2 Å². The van der Waals surface area contributed by atoms with Crippen molar-refractivity contribution in [1.82, 2.24) is 25.3 Å². The van der Waals surface area contributed by atoms with Gasteiger partial charge in [-0.1, -0.05) is 6.92 Å². The van der Waals surface area contributed by atoms with Crippen molar-refractivity contribution in [3.63, 3.8) is 0 Å². The van der Waals surface area contributed by atoms with Crippen molar-refractivity contribution in [2.24, 2.45) is 0 Å². The zero-order valence-electron chi connectivity index (χ0n) is 12.7. The Morgan fingerprint density at radius 1 is 1.38 bits per heavy atom. The Kier molecular flexibility index (Phi) is 3.26. The average Bonchev–Trinajstić information content (AvgIpc) is 3.17. The molecule has 1 aliphatic heterocycles. The quantitative estimate of drug-likeness (QED) is 0.735. The molecule has 1 aromatic carbocycles. The third-order valence-corrected chi connectivity index (χ3v) is 4.14. The molecule has 2 N–H and O–H groups in total. The van der Waals surface area contributed by atoms with Crippen LogP contribution in [0.3, 0.4) is 0 Å². The van der Waals surface area contributed by atoms with Gasteiger partial charge in [-0.2, -0.15) is 0 Å². The largest absolute Gasteiger partial charge is 0.488 e. The summed E-state index contributed by atoms with van der Waals surface area (Å²) in [7, 11) is 0. The molecule has 0 saturated carbocycles. The number of nitrogens with one attached hydrogen (secondary N) is 1. The topological polar surface area (TPSA) is 115 Å². The summed E-state index contributed by atoms with van der Waals surface area (Å²) in [5.74, 6) is 0.491. The van der Waals surface area contributed by atoms with Gasteiger partial charge in [0.15, 0.2) is 5.65 Å². The van der Waals surface area contributed by atoms with E-state index in [9.17, 15) is 4.79 Å². The molecule has 0 aliphatic carbocycles. The number of nitrogens with zero attached hydrogens (tertiary/aromatic N) is 5. The highest BCUT2D eigenvalue weighted by Crippen LogP contribution is 2.38. The Morgan fingerprint density at radius 2 is 2.25 bits per heavy atom. The molecule has 4 rings (SSSR count). The summed E-state index contributed by atoms with van der Waals surface area (Å²) in [4.78, 5) is 11.1. The number of carboxylic acid groups (broad SMARTS) is 1. The Hall–Kier alpha value is -3.23. The van der Waals surface area contributed by atoms with Gasteiger partial charge in [-0.05, 0) is 40.8 Å². The molecule has 0 bridgehead atoms. The predicted molar refractivity (Wildman–Crippen MR) is 83.3 cm³/mol. The van der Waals surface area contributed by atoms with Crippen LogP contribution in [0.15, 0.2) is 30.3 Å². The van der Waals surface area contributed by atoms with Gasteiger partial charge >= 0.3 is 5.97 Å². The van der Waals surface area contributed by atoms with Crippen molar-refractivity contribution < 1.29 is 14.6 Å². The van der Waals surface area contributed by atoms with Crippen LogP contribution >= 0.6 is 0 Å². The normalized spacial score (nSPS) is 19.0. The van der Waals surface area contributed by atoms with Crippen molar-refractivity contribution in [2.45, 2.75) is 18.9 Å². The predicted octanol–water partition coefficient (Wildman–Crippen LogP) is 1.19. The molecule has 0 amide bonds. The molecule has 0 spiro atoms. The van der Waals surface area contributed by atoms with Crippen LogP contribution in [0.2, 0.25) is 0 Å². The van der Waals surface area contributed by atoms with Crippen LogP contribution in [0.4, 0.5) is 5.82 Å². The molecular weight excluding hydrogens is 312 g/mol. The molecule has 9 heteroatoms. The number of anilines is 1. The molecule has 3 aromatic rings. The van der Waals surface area contributed by atoms with Crippen molar-refractivity contribution in [1.29, 1.82) is 0 Å². The lowest BCUT2D eigenvalue weighted by atomic mass is 9.96. The first-order chi connectivity index (χ1) is 11.6. The van der Waals surface area contributed by atoms with E-state index in [-0.39, 0.29) is 17.6 Å². The fourth-order valence-electron chi connectivity index (χ4n) is 2.78. The Morgan fingerprint density at radius 3 is 3.08 bits per heavy atom. The maximum absolute atomic E-state index is 11.1. The van der Waals surface area contributed by atoms with Gasteiger partial charge in [0.2, 0.25) is 0 Å². The average molecular weight is 326 g/mol. The number of carbonyl (C=O) groups is 1. The zero-order chi connectivity index (χ0) is 16.7. The van der Waals surface area contributed by atoms with E-state index in [1.54, 1.807) is 30.3 Å². The first-order valence-electron chi connectivity index (χ1n) is 7.45. The molecular formula is C15H14N6O3. The summed E-state index contributed by atoms with van der Waals surface area (Å²) in [6.45, 7) is 2.54. The molecule has 2 aromatic heterocycles. The number of aromatic carboxylic acids is 1. The minimum atomic E-state index is -0.939. The number of aromatic nitrogens is 5. The number of carboxylic acids is 1. The molecule has 0 fully saturated rings. The highest BCUT2D eigenvalue weighted by atomic mass is 16.5. The second kappa shape index (κ2) is 5.44. The highest BCUT2D eigenvalue weighted by molar-refractivity contribution is 5.88. The molecule has 0 saturated heterocycles. The monoisotopic (exact) mass is 326 g/mol. The maximum atomic E-state index is 11.1. The number of tetrazole rings is 1. The summed E-state index contributed by atoms with van der Waals surface area (Å²) >= 11 is 0. The van der Waals surface area contributed by atoms with Gasteiger partial charge in [0.05, 0.1) is 12.1 Å². The van der Waals surface area contributed by atoms with Crippen LogP contribution in [0.25, 0.3) is 5.65 Å². The van der Waals surface area contributed by atoms with Gasteiger partial charge in [-0.25, -0.2) is 4.79 Å². The van der Waals surface area contributed by atoms with Gasteiger partial charge in [0, 0.05) is 11.5 Å². The number of ether oxygens (including phenoxy) is 1. The summed E-state index contributed by atoms with van der Waals surface area (Å²) in [6.07, 6.45) is -0.115. The zero-order valence-corrected chi connectivity index (χ0v) is 12.7. The van der Waals surface area contributed by atoms with E-state index >= 15 is 0 Å². The first-order valence-corrected chi connectivity index (χ1v) is 7.45. The molecule has 122 valence electrons. The summed E-state index contributed by atoms with van der Waals surface area (Å²) < 4.78 is 7.26. The van der Waals surface area contributed by atoms with E-state index in [2.05, 4.69) is 25.9 Å². The number of hydrogen-bond donors (Lipinski definition) is 2. The Labute approximate surface area is 136 Å². The Bertz CT molecular complexity index is 924. The first kappa shape index (κ1) is 14.4. The molecule has 24 heavy (non-hydrogen) atoms. The van der Waals surface area contributed by atoms with Crippen LogP contribution in [-0.2, 0) is 0 Å². The van der Waals surface area contributed by atoms with E-state index < -0.39 is 5.97 Å². The van der Waals surface area contributed by atoms with Crippen LogP contribution in [0.1, 0.15) is 28.8 Å². The minimum absolute atomic E-state index is 0.0727. The minimum Gasteiger partial charge on any atom is -0.488 e. The lowest BCUT2D eigenvalue weighted by Gasteiger charge is -2.16. The Balaban J connectivity index is 1.48. The summed E-state index contributed by atoms with van der Waals surface area (Å²) in [6, 6.07) is 8.49. The van der Waals surface area contributed by atoms with Crippen molar-refractivity contribution >= 4 is 17.4 Å². The number of rotatable bonds is 4. The van der Waals surface area contributed by atoms with E-state index in [1.165, 1.54) is 4.63 Å². The van der Waals surface area contributed by atoms with Crippen molar-refractivity contribution in [3.05, 3.63) is 41.5 Å². The number of fused-ring (bicyclic) bond motifs is 2. The second-order valence-electron chi connectivity index (χ2n) is 5.63. The van der Waals surface area contributed by atoms with E-state index in [0.717, 1.165) is 11.3 Å².